The number of carbonyl (C=O) groups excluding carboxylic acids is 1. The van der Waals surface area contributed by atoms with Crippen LogP contribution < -0.4 is 16.1 Å². The van der Waals surface area contributed by atoms with Crippen LogP contribution in [0.25, 0.3) is 5.82 Å². The van der Waals surface area contributed by atoms with Crippen LogP contribution in [0.2, 0.25) is 0 Å². The number of fused-ring (bicyclic) bond motifs is 1. The Balaban J connectivity index is 1.45. The second kappa shape index (κ2) is 9.14. The number of anilines is 2. The predicted octanol–water partition coefficient (Wildman–Crippen LogP) is 2.26. The molecule has 0 saturated carbocycles. The number of amides is 1. The van der Waals surface area contributed by atoms with Crippen LogP contribution in [0.15, 0.2) is 58.3 Å². The fourth-order valence-corrected chi connectivity index (χ4v) is 3.96. The molecule has 2 aromatic carbocycles. The number of nitrogen functional groups attached to an aromatic ring is 1. The van der Waals surface area contributed by atoms with E-state index < -0.39 is 5.91 Å². The van der Waals surface area contributed by atoms with Crippen molar-refractivity contribution in [2.45, 2.75) is 26.3 Å². The highest BCUT2D eigenvalue weighted by atomic mass is 16.6. The topological polar surface area (TPSA) is 140 Å². The minimum Gasteiger partial charge on any atom is -0.378 e. The predicted molar refractivity (Wildman–Crippen MR) is 126 cm³/mol. The van der Waals surface area contributed by atoms with Gasteiger partial charge >= 0.3 is 0 Å². The highest BCUT2D eigenvalue weighted by Gasteiger charge is 2.27. The van der Waals surface area contributed by atoms with Crippen molar-refractivity contribution in [1.29, 1.82) is 0 Å². The van der Waals surface area contributed by atoms with E-state index in [1.807, 2.05) is 43.3 Å². The molecule has 0 spiro atoms. The fraction of sp³-hybridized carbons (Fsp3) is 0.217. The monoisotopic (exact) mass is 457 g/mol. The maximum absolute atomic E-state index is 13.0. The molecule has 34 heavy (non-hydrogen) atoms. The van der Waals surface area contributed by atoms with Crippen LogP contribution in [-0.2, 0) is 13.0 Å². The molecular weight excluding hydrogens is 434 g/mol. The zero-order chi connectivity index (χ0) is 23.5. The molecule has 3 heterocycles. The lowest BCUT2D eigenvalue weighted by Gasteiger charge is -2.31. The summed E-state index contributed by atoms with van der Waals surface area (Å²) in [5, 5.41) is 19.8. The van der Waals surface area contributed by atoms with Gasteiger partial charge in [0.1, 0.15) is 0 Å². The molecule has 1 amide bonds. The van der Waals surface area contributed by atoms with Gasteiger partial charge in [-0.05, 0) is 47.3 Å². The Morgan fingerprint density at radius 2 is 2.03 bits per heavy atom. The second-order valence-electron chi connectivity index (χ2n) is 8.03. The molecular formula is C23H23N9O2. The van der Waals surface area contributed by atoms with Gasteiger partial charge in [0, 0.05) is 12.2 Å². The molecule has 0 saturated heterocycles. The summed E-state index contributed by atoms with van der Waals surface area (Å²) in [6.07, 6.45) is 3.57. The summed E-state index contributed by atoms with van der Waals surface area (Å²) >= 11 is 0. The number of nitrogens with one attached hydrogen (secondary N) is 1. The number of benzene rings is 2. The summed E-state index contributed by atoms with van der Waals surface area (Å²) in [4.78, 5) is 15.2. The zero-order valence-electron chi connectivity index (χ0n) is 18.5. The molecule has 0 aliphatic carbocycles. The second-order valence-corrected chi connectivity index (χ2v) is 8.03. The number of nitrogens with two attached hydrogens (primary N) is 1. The minimum atomic E-state index is -0.495. The molecule has 1 aliphatic heterocycles. The van der Waals surface area contributed by atoms with Crippen molar-refractivity contribution in [3.8, 4) is 5.82 Å². The van der Waals surface area contributed by atoms with Gasteiger partial charge < -0.3 is 10.6 Å². The van der Waals surface area contributed by atoms with E-state index in [0.29, 0.717) is 12.2 Å². The van der Waals surface area contributed by atoms with Crippen LogP contribution in [0.5, 0.6) is 0 Å². The molecule has 0 unspecified atom stereocenters. The van der Waals surface area contributed by atoms with Gasteiger partial charge in [0.25, 0.3) is 5.91 Å². The van der Waals surface area contributed by atoms with E-state index in [1.165, 1.54) is 10.2 Å². The number of carbonyl (C=O) groups is 1. The van der Waals surface area contributed by atoms with E-state index >= 15 is 0 Å². The first-order valence-corrected chi connectivity index (χ1v) is 10.9. The minimum absolute atomic E-state index is 0.0505. The molecule has 1 aliphatic rings. The molecule has 11 heteroatoms. The van der Waals surface area contributed by atoms with Gasteiger partial charge in [0.05, 0.1) is 18.5 Å². The summed E-state index contributed by atoms with van der Waals surface area (Å²) in [6.45, 7) is 3.19. The smallest absolute Gasteiger partial charge is 0.293 e. The number of aryl methyl sites for hydroxylation is 2. The highest BCUT2D eigenvalue weighted by Crippen LogP contribution is 2.29. The van der Waals surface area contributed by atoms with E-state index in [9.17, 15) is 4.79 Å². The maximum Gasteiger partial charge on any atom is 0.293 e. The Kier molecular flexibility index (Phi) is 5.73. The number of hydrogen-bond acceptors (Lipinski definition) is 9. The molecule has 0 bridgehead atoms. The molecule has 5 rings (SSSR count). The number of rotatable bonds is 6. The quantitative estimate of drug-likeness (QED) is 0.332. The summed E-state index contributed by atoms with van der Waals surface area (Å²) in [7, 11) is 0. The lowest BCUT2D eigenvalue weighted by molar-refractivity contribution is 0.0949. The van der Waals surface area contributed by atoms with Crippen molar-refractivity contribution in [2.24, 2.45) is 5.10 Å². The third-order valence-electron chi connectivity index (χ3n) is 5.68. The van der Waals surface area contributed by atoms with Crippen molar-refractivity contribution in [2.75, 3.05) is 17.2 Å². The molecule has 0 atom stereocenters. The molecule has 0 fully saturated rings. The van der Waals surface area contributed by atoms with Crippen molar-refractivity contribution in [1.82, 2.24) is 30.7 Å². The van der Waals surface area contributed by atoms with Crippen molar-refractivity contribution in [3.63, 3.8) is 0 Å². The van der Waals surface area contributed by atoms with E-state index in [4.69, 9.17) is 10.4 Å². The van der Waals surface area contributed by atoms with E-state index in [0.717, 1.165) is 36.2 Å². The first-order valence-electron chi connectivity index (χ1n) is 10.9. The summed E-state index contributed by atoms with van der Waals surface area (Å²) in [5.74, 6) is -0.269. The van der Waals surface area contributed by atoms with Gasteiger partial charge in [-0.1, -0.05) is 53.2 Å². The maximum atomic E-state index is 13.0. The molecule has 172 valence electrons. The Morgan fingerprint density at radius 1 is 1.21 bits per heavy atom. The van der Waals surface area contributed by atoms with Crippen molar-refractivity contribution in [3.05, 3.63) is 76.6 Å². The number of nitrogens with zero attached hydrogens (tertiary/aromatic N) is 7. The van der Waals surface area contributed by atoms with E-state index in [1.54, 1.807) is 6.21 Å². The van der Waals surface area contributed by atoms with E-state index in [2.05, 4.69) is 48.2 Å². The van der Waals surface area contributed by atoms with Gasteiger partial charge in [-0.2, -0.15) is 9.78 Å². The number of para-hydroxylation sites is 1. The van der Waals surface area contributed by atoms with Gasteiger partial charge in [-0.3, -0.25) is 4.79 Å². The normalized spacial score (nSPS) is 13.3. The summed E-state index contributed by atoms with van der Waals surface area (Å²) in [6, 6.07) is 16.0. The summed E-state index contributed by atoms with van der Waals surface area (Å²) < 4.78 is 6.13. The van der Waals surface area contributed by atoms with Crippen molar-refractivity contribution >= 4 is 23.6 Å². The third-order valence-corrected chi connectivity index (χ3v) is 5.68. The number of aromatic nitrogens is 5. The van der Waals surface area contributed by atoms with E-state index in [-0.39, 0.29) is 17.3 Å². The van der Waals surface area contributed by atoms with Crippen LogP contribution in [0, 0.1) is 6.92 Å². The Morgan fingerprint density at radius 3 is 2.82 bits per heavy atom. The van der Waals surface area contributed by atoms with Crippen LogP contribution in [-0.4, -0.2) is 44.0 Å². The molecule has 3 N–H and O–H groups in total. The Labute approximate surface area is 195 Å². The largest absolute Gasteiger partial charge is 0.378 e. The molecule has 11 nitrogen and oxygen atoms in total. The summed E-state index contributed by atoms with van der Waals surface area (Å²) in [5.41, 5.74) is 13.4. The molecule has 4 aromatic rings. The van der Waals surface area contributed by atoms with Gasteiger partial charge in [0.15, 0.2) is 5.69 Å². The lowest BCUT2D eigenvalue weighted by atomic mass is 10.0. The van der Waals surface area contributed by atoms with Gasteiger partial charge in [-0.15, -0.1) is 5.10 Å². The van der Waals surface area contributed by atoms with Crippen molar-refractivity contribution < 1.29 is 9.42 Å². The van der Waals surface area contributed by atoms with Crippen LogP contribution in [0.3, 0.4) is 0 Å². The highest BCUT2D eigenvalue weighted by molar-refractivity contribution is 5.94. The average Bonchev–Trinajstić information content (AvgIpc) is 3.46. The molecule has 2 aromatic heterocycles. The number of hydrazone groups is 1. The third kappa shape index (κ3) is 4.22. The first-order chi connectivity index (χ1) is 16.6. The Hall–Kier alpha value is -4.54. The van der Waals surface area contributed by atoms with Crippen LogP contribution in [0.4, 0.5) is 11.5 Å². The SMILES string of the molecule is Cc1ccc(/C=N\NC(=O)c2nnn(-c3nonc3N)c2CN2CCCc3ccccc32)cc1. The first kappa shape index (κ1) is 21.3. The van der Waals surface area contributed by atoms with Crippen LogP contribution in [0.1, 0.15) is 39.3 Å². The Bertz CT molecular complexity index is 1340. The number of hydrogen-bond donors (Lipinski definition) is 2. The van der Waals surface area contributed by atoms with Gasteiger partial charge in [-0.25, -0.2) is 10.1 Å². The zero-order valence-corrected chi connectivity index (χ0v) is 18.5. The average molecular weight is 457 g/mol. The fourth-order valence-electron chi connectivity index (χ4n) is 3.96. The lowest BCUT2D eigenvalue weighted by Crippen LogP contribution is -2.31. The van der Waals surface area contributed by atoms with Gasteiger partial charge in [0.2, 0.25) is 11.6 Å². The molecule has 0 radical (unpaired) electrons. The van der Waals surface area contributed by atoms with Crippen LogP contribution >= 0.6 is 0 Å². The standard InChI is InChI=1S/C23H23N9O2/c1-15-8-10-16(11-9-15)13-25-27-23(33)20-19(32(30-26-20)22-21(24)28-34-29-22)14-31-12-4-6-17-5-2-3-7-18(17)31/h2-3,5,7-11,13H,4,6,12,14H2,1H3,(H2,24,28)(H,27,33)/b25-13-.